The minimum atomic E-state index is 0.256. The lowest BCUT2D eigenvalue weighted by atomic mass is 9.77. The standard InChI is InChI=1S/C33H46N2O4/c1-6-22-11-12-29-27-19-33(39-10-5)31(37-8-3)17-25(27)24(21-35(29)20-22)15-28-26-18-32(38-9-4)30(36-7-2)16-23(26)13-14-34-28/h11,16-19,24,28-29,34H,6-10,12-15,20-21H2,1-5H3. The summed E-state index contributed by atoms with van der Waals surface area (Å²) in [6.45, 7) is 16.0. The minimum Gasteiger partial charge on any atom is -0.490 e. The molecule has 2 aromatic rings. The Balaban J connectivity index is 1.52. The third-order valence-electron chi connectivity index (χ3n) is 8.42. The smallest absolute Gasteiger partial charge is 0.161 e. The van der Waals surface area contributed by atoms with Gasteiger partial charge in [-0.05, 0) is 112 Å². The van der Waals surface area contributed by atoms with E-state index in [4.69, 9.17) is 18.9 Å². The van der Waals surface area contributed by atoms with Crippen molar-refractivity contribution in [3.8, 4) is 23.0 Å². The van der Waals surface area contributed by atoms with Crippen LogP contribution in [0.3, 0.4) is 0 Å². The number of rotatable bonds is 11. The number of benzene rings is 2. The number of hydrogen-bond acceptors (Lipinski definition) is 6. The van der Waals surface area contributed by atoms with Gasteiger partial charge in [-0.25, -0.2) is 0 Å². The minimum absolute atomic E-state index is 0.256. The van der Waals surface area contributed by atoms with Gasteiger partial charge in [-0.1, -0.05) is 18.6 Å². The summed E-state index contributed by atoms with van der Waals surface area (Å²) in [6, 6.07) is 9.67. The van der Waals surface area contributed by atoms with Gasteiger partial charge in [0.2, 0.25) is 0 Å². The molecule has 0 bridgehead atoms. The Labute approximate surface area is 234 Å². The third kappa shape index (κ3) is 5.78. The van der Waals surface area contributed by atoms with Crippen LogP contribution in [0.4, 0.5) is 0 Å². The number of hydrogen-bond donors (Lipinski definition) is 1. The first kappa shape index (κ1) is 27.9. The molecule has 3 atom stereocenters. The van der Waals surface area contributed by atoms with Crippen LogP contribution in [-0.2, 0) is 6.42 Å². The van der Waals surface area contributed by atoms with E-state index in [2.05, 4.69) is 47.5 Å². The fraction of sp³-hybridized carbons (Fsp3) is 0.576. The molecule has 6 heteroatoms. The Bertz CT molecular complexity index is 1180. The molecule has 212 valence electrons. The molecule has 0 aliphatic carbocycles. The van der Waals surface area contributed by atoms with Gasteiger partial charge in [0.25, 0.3) is 0 Å². The number of nitrogens with one attached hydrogen (secondary N) is 1. The van der Waals surface area contributed by atoms with Crippen LogP contribution in [0.5, 0.6) is 23.0 Å². The maximum atomic E-state index is 6.10. The molecule has 0 aromatic heterocycles. The van der Waals surface area contributed by atoms with Crippen LogP contribution in [0.2, 0.25) is 0 Å². The molecule has 3 unspecified atom stereocenters. The molecule has 39 heavy (non-hydrogen) atoms. The molecule has 3 aliphatic heterocycles. The van der Waals surface area contributed by atoms with E-state index < -0.39 is 0 Å². The summed E-state index contributed by atoms with van der Waals surface area (Å²) in [5.74, 6) is 3.84. The van der Waals surface area contributed by atoms with Crippen LogP contribution in [0.25, 0.3) is 0 Å². The highest BCUT2D eigenvalue weighted by Crippen LogP contribution is 2.48. The molecule has 3 heterocycles. The highest BCUT2D eigenvalue weighted by atomic mass is 16.5. The predicted molar refractivity (Wildman–Crippen MR) is 157 cm³/mol. The molecule has 0 amide bonds. The largest absolute Gasteiger partial charge is 0.490 e. The highest BCUT2D eigenvalue weighted by Gasteiger charge is 2.37. The summed E-state index contributed by atoms with van der Waals surface area (Å²) in [6.07, 6.45) is 6.67. The molecule has 0 radical (unpaired) electrons. The van der Waals surface area contributed by atoms with E-state index in [9.17, 15) is 0 Å². The first-order valence-corrected chi connectivity index (χ1v) is 15.1. The van der Waals surface area contributed by atoms with Crippen molar-refractivity contribution in [3.05, 3.63) is 58.2 Å². The Kier molecular flexibility index (Phi) is 9.03. The van der Waals surface area contributed by atoms with Gasteiger partial charge in [0.05, 0.1) is 26.4 Å². The highest BCUT2D eigenvalue weighted by molar-refractivity contribution is 5.53. The number of nitrogens with zero attached hydrogens (tertiary/aromatic N) is 1. The summed E-state index contributed by atoms with van der Waals surface area (Å²) < 4.78 is 24.2. The van der Waals surface area contributed by atoms with E-state index in [0.717, 1.165) is 68.3 Å². The average Bonchev–Trinajstić information content (AvgIpc) is 2.94. The van der Waals surface area contributed by atoms with Gasteiger partial charge >= 0.3 is 0 Å². The second-order valence-corrected chi connectivity index (χ2v) is 10.7. The van der Waals surface area contributed by atoms with Crippen molar-refractivity contribution in [1.29, 1.82) is 0 Å². The molecule has 0 fully saturated rings. The quantitative estimate of drug-likeness (QED) is 0.322. The summed E-state index contributed by atoms with van der Waals surface area (Å²) in [5.41, 5.74) is 7.09. The molecular formula is C33H46N2O4. The first-order chi connectivity index (χ1) is 19.1. The topological polar surface area (TPSA) is 52.2 Å². The van der Waals surface area contributed by atoms with Crippen molar-refractivity contribution in [2.45, 2.75) is 78.3 Å². The Morgan fingerprint density at radius 3 is 1.97 bits per heavy atom. The van der Waals surface area contributed by atoms with Gasteiger partial charge in [0.15, 0.2) is 23.0 Å². The van der Waals surface area contributed by atoms with E-state index in [-0.39, 0.29) is 6.04 Å². The second kappa shape index (κ2) is 12.6. The zero-order chi connectivity index (χ0) is 27.4. The van der Waals surface area contributed by atoms with Gasteiger partial charge in [-0.15, -0.1) is 0 Å². The monoisotopic (exact) mass is 534 g/mol. The summed E-state index contributed by atoms with van der Waals surface area (Å²) >= 11 is 0. The van der Waals surface area contributed by atoms with Crippen molar-refractivity contribution in [1.82, 2.24) is 10.2 Å². The maximum Gasteiger partial charge on any atom is 0.161 e. The van der Waals surface area contributed by atoms with Crippen molar-refractivity contribution >= 4 is 0 Å². The second-order valence-electron chi connectivity index (χ2n) is 10.7. The molecule has 6 nitrogen and oxygen atoms in total. The lowest BCUT2D eigenvalue weighted by Crippen LogP contribution is -2.42. The van der Waals surface area contributed by atoms with Crippen molar-refractivity contribution in [2.24, 2.45) is 0 Å². The summed E-state index contributed by atoms with van der Waals surface area (Å²) in [7, 11) is 0. The summed E-state index contributed by atoms with van der Waals surface area (Å²) in [4.78, 5) is 2.70. The van der Waals surface area contributed by atoms with Gasteiger partial charge in [0.1, 0.15) is 0 Å². The van der Waals surface area contributed by atoms with Gasteiger partial charge < -0.3 is 24.3 Å². The Morgan fingerprint density at radius 1 is 0.769 bits per heavy atom. The van der Waals surface area contributed by atoms with Crippen molar-refractivity contribution in [2.75, 3.05) is 46.1 Å². The van der Waals surface area contributed by atoms with Crippen LogP contribution < -0.4 is 24.3 Å². The van der Waals surface area contributed by atoms with Gasteiger partial charge in [0, 0.05) is 25.2 Å². The molecule has 0 saturated heterocycles. The number of ether oxygens (including phenoxy) is 4. The lowest BCUT2D eigenvalue weighted by molar-refractivity contribution is 0.162. The van der Waals surface area contributed by atoms with Crippen LogP contribution in [-0.4, -0.2) is 51.0 Å². The van der Waals surface area contributed by atoms with Crippen molar-refractivity contribution < 1.29 is 18.9 Å². The molecular weight excluding hydrogens is 488 g/mol. The third-order valence-corrected chi connectivity index (χ3v) is 8.42. The van der Waals surface area contributed by atoms with Crippen LogP contribution >= 0.6 is 0 Å². The van der Waals surface area contributed by atoms with Crippen LogP contribution in [0, 0.1) is 0 Å². The Hall–Kier alpha value is -2.70. The zero-order valence-corrected chi connectivity index (χ0v) is 24.5. The molecule has 0 spiro atoms. The first-order valence-electron chi connectivity index (χ1n) is 15.1. The summed E-state index contributed by atoms with van der Waals surface area (Å²) in [5, 5.41) is 3.86. The number of fused-ring (bicyclic) bond motifs is 4. The van der Waals surface area contributed by atoms with Gasteiger partial charge in [-0.2, -0.15) is 0 Å². The maximum absolute atomic E-state index is 6.10. The van der Waals surface area contributed by atoms with E-state index in [1.54, 1.807) is 5.57 Å². The lowest BCUT2D eigenvalue weighted by Gasteiger charge is -2.45. The zero-order valence-electron chi connectivity index (χ0n) is 24.5. The molecule has 5 rings (SSSR count). The van der Waals surface area contributed by atoms with Crippen LogP contribution in [0.15, 0.2) is 35.9 Å². The van der Waals surface area contributed by atoms with E-state index >= 15 is 0 Å². The Morgan fingerprint density at radius 2 is 1.36 bits per heavy atom. The van der Waals surface area contributed by atoms with Crippen LogP contribution in [0.1, 0.15) is 94.1 Å². The molecule has 1 N–H and O–H groups in total. The van der Waals surface area contributed by atoms with E-state index in [1.807, 2.05) is 27.7 Å². The molecule has 0 saturated carbocycles. The fourth-order valence-electron chi connectivity index (χ4n) is 6.67. The normalized spacial score (nSPS) is 22.3. The fourth-order valence-corrected chi connectivity index (χ4v) is 6.67. The van der Waals surface area contributed by atoms with Crippen molar-refractivity contribution in [3.63, 3.8) is 0 Å². The predicted octanol–water partition coefficient (Wildman–Crippen LogP) is 6.74. The average molecular weight is 535 g/mol. The van der Waals surface area contributed by atoms with E-state index in [0.29, 0.717) is 38.4 Å². The SMILES string of the molecule is CCOc1cc2c(cc1OCC)C(CC1CN3CC(CC)=CCC3c3cc(OCC)c(OCC)cc31)NCC2. The molecule has 2 aromatic carbocycles. The van der Waals surface area contributed by atoms with Gasteiger partial charge in [-0.3, -0.25) is 4.90 Å². The van der Waals surface area contributed by atoms with E-state index in [1.165, 1.54) is 22.3 Å². The molecule has 3 aliphatic rings.